The van der Waals surface area contributed by atoms with E-state index in [1.807, 2.05) is 19.9 Å². The molecule has 0 heterocycles. The molecule has 0 spiro atoms. The number of hydrogen-bond donors (Lipinski definition) is 1. The quantitative estimate of drug-likeness (QED) is 0.488. The Hall–Kier alpha value is -1.31. The Morgan fingerprint density at radius 3 is 2.42 bits per heavy atom. The largest absolute Gasteiger partial charge is 0.355 e. The molecule has 0 aromatic rings. The van der Waals surface area contributed by atoms with Gasteiger partial charge in [-0.3, -0.25) is 4.79 Å². The molecule has 0 radical (unpaired) electrons. The molecule has 1 N–H and O–H groups in total. The molecule has 2 heteroatoms. The molecule has 0 fully saturated rings. The molecule has 0 aromatic heterocycles. The van der Waals surface area contributed by atoms with E-state index in [0.29, 0.717) is 13.0 Å². The Bertz CT molecular complexity index is 226. The van der Waals surface area contributed by atoms with E-state index in [1.54, 1.807) is 0 Å². The number of carbonyl (C=O) groups is 1. The zero-order valence-electron chi connectivity index (χ0n) is 7.68. The normalized spacial score (nSPS) is 10.7. The standard InChI is InChI=1S/C10H15NO/c1-8(2)5-9(3)10(4)6-11-7-12/h5,7H,1,4,6H2,2-3H3,(H,11,12)/b9-5-. The molecule has 0 saturated carbocycles. The molecular formula is C10H15NO. The molecule has 0 aliphatic rings. The monoisotopic (exact) mass is 165 g/mol. The van der Waals surface area contributed by atoms with Crippen molar-refractivity contribution in [2.24, 2.45) is 0 Å². The van der Waals surface area contributed by atoms with Gasteiger partial charge in [0.15, 0.2) is 0 Å². The molecule has 0 aromatic carbocycles. The van der Waals surface area contributed by atoms with Crippen LogP contribution in [0.4, 0.5) is 0 Å². The van der Waals surface area contributed by atoms with E-state index in [0.717, 1.165) is 16.7 Å². The maximum Gasteiger partial charge on any atom is 0.207 e. The topological polar surface area (TPSA) is 29.1 Å². The minimum absolute atomic E-state index is 0.499. The van der Waals surface area contributed by atoms with Crippen LogP contribution < -0.4 is 5.32 Å². The second kappa shape index (κ2) is 5.35. The lowest BCUT2D eigenvalue weighted by Crippen LogP contribution is -2.14. The number of rotatable bonds is 5. The molecule has 0 rings (SSSR count). The van der Waals surface area contributed by atoms with E-state index < -0.39 is 0 Å². The van der Waals surface area contributed by atoms with Crippen molar-refractivity contribution in [3.63, 3.8) is 0 Å². The van der Waals surface area contributed by atoms with E-state index in [-0.39, 0.29) is 0 Å². The Labute approximate surface area is 73.7 Å². The molecule has 12 heavy (non-hydrogen) atoms. The molecule has 0 atom stereocenters. The van der Waals surface area contributed by atoms with Gasteiger partial charge in [-0.1, -0.05) is 24.8 Å². The minimum Gasteiger partial charge on any atom is -0.355 e. The zero-order chi connectivity index (χ0) is 9.56. The Kier molecular flexibility index (Phi) is 4.77. The van der Waals surface area contributed by atoms with Crippen LogP contribution in [0.5, 0.6) is 0 Å². The van der Waals surface area contributed by atoms with Crippen molar-refractivity contribution in [2.45, 2.75) is 13.8 Å². The van der Waals surface area contributed by atoms with E-state index in [9.17, 15) is 4.79 Å². The molecule has 2 nitrogen and oxygen atoms in total. The van der Waals surface area contributed by atoms with Crippen LogP contribution in [0.1, 0.15) is 13.8 Å². The van der Waals surface area contributed by atoms with Gasteiger partial charge in [-0.25, -0.2) is 0 Å². The smallest absolute Gasteiger partial charge is 0.207 e. The lowest BCUT2D eigenvalue weighted by atomic mass is 10.1. The summed E-state index contributed by atoms with van der Waals surface area (Å²) in [5.74, 6) is 0. The molecule has 1 amide bonds. The number of allylic oxidation sites excluding steroid dienone is 2. The highest BCUT2D eigenvalue weighted by atomic mass is 16.1. The van der Waals surface area contributed by atoms with Crippen molar-refractivity contribution in [1.29, 1.82) is 0 Å². The number of hydrogen-bond acceptors (Lipinski definition) is 1. The van der Waals surface area contributed by atoms with Crippen molar-refractivity contribution >= 4 is 6.41 Å². The molecule has 66 valence electrons. The summed E-state index contributed by atoms with van der Waals surface area (Å²) in [5, 5.41) is 2.55. The highest BCUT2D eigenvalue weighted by Crippen LogP contribution is 2.07. The third kappa shape index (κ3) is 4.50. The van der Waals surface area contributed by atoms with Crippen molar-refractivity contribution < 1.29 is 4.79 Å². The second-order valence-corrected chi connectivity index (χ2v) is 2.78. The van der Waals surface area contributed by atoms with E-state index >= 15 is 0 Å². The summed E-state index contributed by atoms with van der Waals surface area (Å²) < 4.78 is 0. The first kappa shape index (κ1) is 10.7. The van der Waals surface area contributed by atoms with Crippen LogP contribution in [-0.4, -0.2) is 13.0 Å². The predicted octanol–water partition coefficient (Wildman–Crippen LogP) is 1.81. The van der Waals surface area contributed by atoms with Gasteiger partial charge in [0.1, 0.15) is 0 Å². The first-order valence-corrected chi connectivity index (χ1v) is 3.77. The van der Waals surface area contributed by atoms with Crippen molar-refractivity contribution in [1.82, 2.24) is 5.32 Å². The number of carbonyl (C=O) groups excluding carboxylic acids is 1. The summed E-state index contributed by atoms with van der Waals surface area (Å²) in [6.07, 6.45) is 2.61. The van der Waals surface area contributed by atoms with Gasteiger partial charge >= 0.3 is 0 Å². The minimum atomic E-state index is 0.499. The average Bonchev–Trinajstić information content (AvgIpc) is 1.98. The maximum atomic E-state index is 9.96. The summed E-state index contributed by atoms with van der Waals surface area (Å²) in [7, 11) is 0. The molecule has 0 bridgehead atoms. The SMILES string of the molecule is C=C(C)/C=C(/C)C(=C)CNC=O. The summed E-state index contributed by atoms with van der Waals surface area (Å²) in [4.78, 5) is 9.96. The summed E-state index contributed by atoms with van der Waals surface area (Å²) in [6, 6.07) is 0. The first-order chi connectivity index (χ1) is 5.57. The van der Waals surface area contributed by atoms with Crippen LogP contribution in [-0.2, 0) is 4.79 Å². The van der Waals surface area contributed by atoms with Gasteiger partial charge in [-0.15, -0.1) is 0 Å². The van der Waals surface area contributed by atoms with Gasteiger partial charge < -0.3 is 5.32 Å². The van der Waals surface area contributed by atoms with Crippen molar-refractivity contribution in [3.8, 4) is 0 Å². The van der Waals surface area contributed by atoms with Gasteiger partial charge in [0.2, 0.25) is 6.41 Å². The van der Waals surface area contributed by atoms with Gasteiger partial charge in [0.25, 0.3) is 0 Å². The highest BCUT2D eigenvalue weighted by Gasteiger charge is 1.94. The fourth-order valence-electron chi connectivity index (χ4n) is 0.776. The van der Waals surface area contributed by atoms with E-state index in [1.165, 1.54) is 0 Å². The third-order valence-corrected chi connectivity index (χ3v) is 1.42. The van der Waals surface area contributed by atoms with Crippen LogP contribution in [0.3, 0.4) is 0 Å². The van der Waals surface area contributed by atoms with Crippen LogP contribution in [0.2, 0.25) is 0 Å². The maximum absolute atomic E-state index is 9.96. The van der Waals surface area contributed by atoms with Crippen LogP contribution in [0, 0.1) is 0 Å². The van der Waals surface area contributed by atoms with Crippen molar-refractivity contribution in [2.75, 3.05) is 6.54 Å². The predicted molar refractivity (Wildman–Crippen MR) is 51.8 cm³/mol. The van der Waals surface area contributed by atoms with Crippen LogP contribution in [0.25, 0.3) is 0 Å². The summed E-state index contributed by atoms with van der Waals surface area (Å²) >= 11 is 0. The fourth-order valence-corrected chi connectivity index (χ4v) is 0.776. The van der Waals surface area contributed by atoms with Gasteiger partial charge in [-0.05, 0) is 25.0 Å². The van der Waals surface area contributed by atoms with Gasteiger partial charge in [-0.2, -0.15) is 0 Å². The van der Waals surface area contributed by atoms with Crippen LogP contribution >= 0.6 is 0 Å². The highest BCUT2D eigenvalue weighted by molar-refractivity contribution is 5.48. The molecule has 0 unspecified atom stereocenters. The Balaban J connectivity index is 4.09. The molecule has 0 saturated heterocycles. The van der Waals surface area contributed by atoms with Crippen molar-refractivity contribution in [3.05, 3.63) is 36.0 Å². The zero-order valence-corrected chi connectivity index (χ0v) is 7.68. The fraction of sp³-hybridized carbons (Fsp3) is 0.300. The molecule has 0 aliphatic heterocycles. The van der Waals surface area contributed by atoms with Gasteiger partial charge in [0.05, 0.1) is 0 Å². The average molecular weight is 165 g/mol. The van der Waals surface area contributed by atoms with Gasteiger partial charge in [0, 0.05) is 6.54 Å². The third-order valence-electron chi connectivity index (χ3n) is 1.42. The van der Waals surface area contributed by atoms with Crippen LogP contribution in [0.15, 0.2) is 36.0 Å². The Morgan fingerprint density at radius 1 is 1.42 bits per heavy atom. The number of nitrogens with one attached hydrogen (secondary N) is 1. The van der Waals surface area contributed by atoms with E-state index in [2.05, 4.69) is 18.5 Å². The molecular weight excluding hydrogens is 150 g/mol. The summed E-state index contributed by atoms with van der Waals surface area (Å²) in [5.41, 5.74) is 2.95. The lowest BCUT2D eigenvalue weighted by molar-refractivity contribution is -0.109. The summed E-state index contributed by atoms with van der Waals surface area (Å²) in [6.45, 7) is 11.9. The Morgan fingerprint density at radius 2 is 2.00 bits per heavy atom. The van der Waals surface area contributed by atoms with E-state index in [4.69, 9.17) is 0 Å². The lowest BCUT2D eigenvalue weighted by Gasteiger charge is -2.04. The first-order valence-electron chi connectivity index (χ1n) is 3.77. The number of amides is 1. The molecule has 0 aliphatic carbocycles. The second-order valence-electron chi connectivity index (χ2n) is 2.78.